The zero-order chi connectivity index (χ0) is 14.0. The van der Waals surface area contributed by atoms with E-state index in [2.05, 4.69) is 0 Å². The topological polar surface area (TPSA) is 35.2 Å². The first kappa shape index (κ1) is 13.3. The van der Waals surface area contributed by atoms with Crippen LogP contribution in [-0.4, -0.2) is 0 Å². The van der Waals surface area contributed by atoms with Gasteiger partial charge in [-0.1, -0.05) is 12.1 Å². The first-order chi connectivity index (χ1) is 8.99. The van der Waals surface area contributed by atoms with Gasteiger partial charge in [-0.3, -0.25) is 0 Å². The molecule has 4 heteroatoms. The molecule has 0 aliphatic rings. The molecule has 2 aromatic carbocycles. The number of benzene rings is 2. The van der Waals surface area contributed by atoms with Crippen LogP contribution in [0.4, 0.5) is 14.5 Å². The van der Waals surface area contributed by atoms with E-state index in [0.717, 1.165) is 11.1 Å². The van der Waals surface area contributed by atoms with Gasteiger partial charge >= 0.3 is 0 Å². The molecule has 0 saturated carbocycles. The highest BCUT2D eigenvalue weighted by Gasteiger charge is 2.16. The summed E-state index contributed by atoms with van der Waals surface area (Å²) in [6.07, 6.45) is -2.62. The Hall–Kier alpha value is -2.10. The van der Waals surface area contributed by atoms with E-state index in [9.17, 15) is 8.78 Å². The van der Waals surface area contributed by atoms with Crippen molar-refractivity contribution in [1.82, 2.24) is 0 Å². The summed E-state index contributed by atoms with van der Waals surface area (Å²) in [6, 6.07) is 9.79. The number of hydrogen-bond donors (Lipinski definition) is 1. The fraction of sp³-hybridized carbons (Fsp3) is 0.200. The fourth-order valence-electron chi connectivity index (χ4n) is 1.78. The van der Waals surface area contributed by atoms with Crippen LogP contribution in [0.1, 0.15) is 23.1 Å². The lowest BCUT2D eigenvalue weighted by Crippen LogP contribution is -1.96. The van der Waals surface area contributed by atoms with Gasteiger partial charge in [0.05, 0.1) is 5.56 Å². The van der Waals surface area contributed by atoms with Crippen LogP contribution in [0.3, 0.4) is 0 Å². The maximum atomic E-state index is 13.0. The van der Waals surface area contributed by atoms with Gasteiger partial charge in [0, 0.05) is 5.69 Å². The quantitative estimate of drug-likeness (QED) is 0.820. The van der Waals surface area contributed by atoms with Crippen LogP contribution in [0.5, 0.6) is 11.5 Å². The highest BCUT2D eigenvalue weighted by molar-refractivity contribution is 5.50. The second-order valence-electron chi connectivity index (χ2n) is 4.40. The molecule has 0 aliphatic carbocycles. The average molecular weight is 263 g/mol. The van der Waals surface area contributed by atoms with Gasteiger partial charge in [-0.25, -0.2) is 8.78 Å². The summed E-state index contributed by atoms with van der Waals surface area (Å²) in [6.45, 7) is 3.84. The number of nitrogen functional groups attached to an aromatic ring is 1. The molecular formula is C15H15F2NO. The zero-order valence-corrected chi connectivity index (χ0v) is 10.8. The van der Waals surface area contributed by atoms with Crippen LogP contribution in [0.2, 0.25) is 0 Å². The molecule has 2 N–H and O–H groups in total. The molecule has 0 radical (unpaired) electrons. The van der Waals surface area contributed by atoms with Gasteiger partial charge in [0.25, 0.3) is 6.43 Å². The molecule has 0 unspecified atom stereocenters. The summed E-state index contributed by atoms with van der Waals surface area (Å²) in [5, 5.41) is 0. The summed E-state index contributed by atoms with van der Waals surface area (Å²) < 4.78 is 31.5. The van der Waals surface area contributed by atoms with Crippen LogP contribution in [0.25, 0.3) is 0 Å². The maximum Gasteiger partial charge on any atom is 0.267 e. The third kappa shape index (κ3) is 2.84. The van der Waals surface area contributed by atoms with Gasteiger partial charge in [-0.2, -0.15) is 0 Å². The highest BCUT2D eigenvalue weighted by atomic mass is 19.3. The van der Waals surface area contributed by atoms with E-state index in [4.69, 9.17) is 10.5 Å². The van der Waals surface area contributed by atoms with Crippen molar-refractivity contribution < 1.29 is 13.5 Å². The summed E-state index contributed by atoms with van der Waals surface area (Å²) >= 11 is 0. The van der Waals surface area contributed by atoms with Crippen molar-refractivity contribution in [3.8, 4) is 11.5 Å². The van der Waals surface area contributed by atoms with E-state index in [-0.39, 0.29) is 11.3 Å². The predicted molar refractivity (Wildman–Crippen MR) is 71.8 cm³/mol. The minimum Gasteiger partial charge on any atom is -0.457 e. The van der Waals surface area contributed by atoms with Crippen LogP contribution < -0.4 is 10.5 Å². The minimum atomic E-state index is -2.62. The molecule has 0 fully saturated rings. The summed E-state index contributed by atoms with van der Waals surface area (Å²) in [4.78, 5) is 0. The molecule has 0 aromatic heterocycles. The van der Waals surface area contributed by atoms with Crippen molar-refractivity contribution in [3.05, 3.63) is 53.1 Å². The Labute approximate surface area is 110 Å². The summed E-state index contributed by atoms with van der Waals surface area (Å²) in [5.74, 6) is 0.713. The Morgan fingerprint density at radius 2 is 1.79 bits per heavy atom. The lowest BCUT2D eigenvalue weighted by Gasteiger charge is -2.14. The average Bonchev–Trinajstić information content (AvgIpc) is 2.36. The monoisotopic (exact) mass is 263 g/mol. The molecule has 100 valence electrons. The Morgan fingerprint density at radius 1 is 1.05 bits per heavy atom. The lowest BCUT2D eigenvalue weighted by molar-refractivity contribution is 0.148. The summed E-state index contributed by atoms with van der Waals surface area (Å²) in [7, 11) is 0. The van der Waals surface area contributed by atoms with E-state index in [1.807, 2.05) is 26.0 Å². The van der Waals surface area contributed by atoms with Crippen LogP contribution in [0, 0.1) is 13.8 Å². The van der Waals surface area contributed by atoms with Crippen LogP contribution in [-0.2, 0) is 0 Å². The molecule has 0 atom stereocenters. The number of rotatable bonds is 3. The molecule has 0 spiro atoms. The minimum absolute atomic E-state index is 0.137. The molecule has 0 aliphatic heterocycles. The van der Waals surface area contributed by atoms with E-state index >= 15 is 0 Å². The third-order valence-electron chi connectivity index (χ3n) is 3.04. The Kier molecular flexibility index (Phi) is 3.69. The standard InChI is InChI=1S/C15H15F2NO/c1-9-4-3-5-13(10(9)2)19-14-7-6-11(18)8-12(14)15(16)17/h3-8,15H,18H2,1-2H3. The largest absolute Gasteiger partial charge is 0.457 e. The van der Waals surface area contributed by atoms with E-state index in [1.165, 1.54) is 12.1 Å². The Morgan fingerprint density at radius 3 is 2.47 bits per heavy atom. The first-order valence-electron chi connectivity index (χ1n) is 5.90. The van der Waals surface area contributed by atoms with Crippen molar-refractivity contribution in [3.63, 3.8) is 0 Å². The number of alkyl halides is 2. The van der Waals surface area contributed by atoms with Gasteiger partial charge in [0.15, 0.2) is 0 Å². The van der Waals surface area contributed by atoms with Crippen LogP contribution in [0.15, 0.2) is 36.4 Å². The van der Waals surface area contributed by atoms with Crippen molar-refractivity contribution in [1.29, 1.82) is 0 Å². The SMILES string of the molecule is Cc1cccc(Oc2ccc(N)cc2C(F)F)c1C. The van der Waals surface area contributed by atoms with Crippen molar-refractivity contribution in [2.45, 2.75) is 20.3 Å². The maximum absolute atomic E-state index is 13.0. The van der Waals surface area contributed by atoms with Crippen molar-refractivity contribution in [2.75, 3.05) is 5.73 Å². The van der Waals surface area contributed by atoms with Crippen molar-refractivity contribution >= 4 is 5.69 Å². The second kappa shape index (κ2) is 5.26. The smallest absolute Gasteiger partial charge is 0.267 e. The lowest BCUT2D eigenvalue weighted by atomic mass is 10.1. The molecule has 2 rings (SSSR count). The van der Waals surface area contributed by atoms with E-state index < -0.39 is 6.43 Å². The molecule has 0 saturated heterocycles. The highest BCUT2D eigenvalue weighted by Crippen LogP contribution is 2.35. The van der Waals surface area contributed by atoms with Gasteiger partial charge in [-0.15, -0.1) is 0 Å². The number of nitrogens with two attached hydrogens (primary N) is 1. The van der Waals surface area contributed by atoms with E-state index in [1.54, 1.807) is 12.1 Å². The van der Waals surface area contributed by atoms with Gasteiger partial charge < -0.3 is 10.5 Å². The first-order valence-corrected chi connectivity index (χ1v) is 5.90. The Balaban J connectivity index is 2.41. The van der Waals surface area contributed by atoms with Gasteiger partial charge in [0.1, 0.15) is 11.5 Å². The van der Waals surface area contributed by atoms with Gasteiger partial charge in [0.2, 0.25) is 0 Å². The van der Waals surface area contributed by atoms with Crippen LogP contribution >= 0.6 is 0 Å². The summed E-state index contributed by atoms with van der Waals surface area (Å²) in [5.41, 5.74) is 7.60. The zero-order valence-electron chi connectivity index (χ0n) is 10.8. The fourth-order valence-corrected chi connectivity index (χ4v) is 1.78. The second-order valence-corrected chi connectivity index (χ2v) is 4.40. The third-order valence-corrected chi connectivity index (χ3v) is 3.04. The predicted octanol–water partition coefficient (Wildman–Crippen LogP) is 4.62. The van der Waals surface area contributed by atoms with E-state index in [0.29, 0.717) is 11.4 Å². The normalized spacial score (nSPS) is 10.8. The number of aryl methyl sites for hydroxylation is 1. The number of ether oxygens (including phenoxy) is 1. The number of hydrogen-bond acceptors (Lipinski definition) is 2. The molecular weight excluding hydrogens is 248 g/mol. The van der Waals surface area contributed by atoms with Crippen molar-refractivity contribution in [2.24, 2.45) is 0 Å². The number of halogens is 2. The molecule has 0 bridgehead atoms. The van der Waals surface area contributed by atoms with Gasteiger partial charge in [-0.05, 0) is 49.2 Å². The number of anilines is 1. The molecule has 0 heterocycles. The molecule has 2 aromatic rings. The molecule has 2 nitrogen and oxygen atoms in total. The molecule has 19 heavy (non-hydrogen) atoms. The molecule has 0 amide bonds. The Bertz CT molecular complexity index is 597.